The number of thiophene rings is 1. The average Bonchev–Trinajstić information content (AvgIpc) is 3.77. The maximum absolute atomic E-state index is 8.28. The van der Waals surface area contributed by atoms with Crippen LogP contribution in [-0.2, 0) is 20.1 Å². The van der Waals surface area contributed by atoms with E-state index in [1.54, 1.807) is 17.5 Å². The van der Waals surface area contributed by atoms with Gasteiger partial charge in [0, 0.05) is 37.4 Å². The van der Waals surface area contributed by atoms with E-state index in [4.69, 9.17) is 6.35 Å². The molecule has 6 aromatic carbocycles. The molecule has 243 valence electrons. The molecular weight excluding hydrogens is 807 g/mol. The Morgan fingerprint density at radius 2 is 1.38 bits per heavy atom. The fourth-order valence-electron chi connectivity index (χ4n) is 6.22. The van der Waals surface area contributed by atoms with Crippen molar-refractivity contribution in [3.8, 4) is 50.6 Å². The molecule has 0 fully saturated rings. The van der Waals surface area contributed by atoms with Gasteiger partial charge in [0.1, 0.15) is 0 Å². The summed E-state index contributed by atoms with van der Waals surface area (Å²) in [5, 5.41) is 4.54. The second-order valence-electron chi connectivity index (χ2n) is 11.7. The van der Waals surface area contributed by atoms with Crippen LogP contribution in [0.25, 0.3) is 71.7 Å². The third kappa shape index (κ3) is 6.59. The number of para-hydroxylation sites is 2. The summed E-state index contributed by atoms with van der Waals surface area (Å²) in [5.41, 5.74) is 11.8. The molecule has 0 aliphatic rings. The Hall–Kier alpha value is -5.45. The first-order valence-electron chi connectivity index (χ1n) is 16.7. The first kappa shape index (κ1) is 31.8. The van der Waals surface area contributed by atoms with Crippen LogP contribution in [0, 0.1) is 18.4 Å². The second-order valence-corrected chi connectivity index (χ2v) is 12.5. The normalized spacial score (nSPS) is 11.0. The fourth-order valence-corrected chi connectivity index (χ4v) is 7.04. The van der Waals surface area contributed by atoms with Gasteiger partial charge < -0.3 is 9.55 Å². The van der Waals surface area contributed by atoms with Crippen molar-refractivity contribution < 1.29 is 21.5 Å². The Balaban J connectivity index is 0.000000265. The van der Waals surface area contributed by atoms with Crippen molar-refractivity contribution in [1.29, 1.82) is 0 Å². The predicted molar refractivity (Wildman–Crippen MR) is 205 cm³/mol. The number of nitrogens with zero attached hydrogens (tertiary/aromatic N) is 3. The Morgan fingerprint density at radius 1 is 0.700 bits per heavy atom. The summed E-state index contributed by atoms with van der Waals surface area (Å²) in [5.74, 6) is 0.835. The van der Waals surface area contributed by atoms with Crippen LogP contribution in [0.4, 0.5) is 0 Å². The van der Waals surface area contributed by atoms with E-state index >= 15 is 0 Å². The van der Waals surface area contributed by atoms with Crippen molar-refractivity contribution in [3.63, 3.8) is 0 Å². The van der Waals surface area contributed by atoms with E-state index < -0.39 is 0 Å². The molecule has 0 saturated carbocycles. The monoisotopic (exact) mass is 839 g/mol. The molecule has 1 radical (unpaired) electrons. The van der Waals surface area contributed by atoms with E-state index in [1.807, 2.05) is 66.7 Å². The van der Waals surface area contributed by atoms with Crippen LogP contribution < -0.4 is 0 Å². The quantitative estimate of drug-likeness (QED) is 0.162. The molecule has 5 heteroatoms. The van der Waals surface area contributed by atoms with Crippen molar-refractivity contribution in [2.75, 3.05) is 0 Å². The maximum Gasteiger partial charge on any atom is 0.0774 e. The molecule has 0 bridgehead atoms. The number of aromatic nitrogens is 3. The summed E-state index contributed by atoms with van der Waals surface area (Å²) in [6, 6.07) is 57.1. The SMILES string of the molecule is [2H]c1ccc2s[c-]c(-c3nc4ccccc4n3-c3c(-c4ccccc4)cc(C)cc3-c3ccccc3)c2c1.[Ir].[c-]1ccccc1-c1ccccn1. The molecule has 0 saturated heterocycles. The third-order valence-corrected chi connectivity index (χ3v) is 9.32. The first-order chi connectivity index (χ1) is 24.6. The van der Waals surface area contributed by atoms with Gasteiger partial charge in [0.25, 0.3) is 0 Å². The van der Waals surface area contributed by atoms with E-state index in [-0.39, 0.29) is 20.1 Å². The molecule has 3 aromatic heterocycles. The molecule has 0 N–H and O–H groups in total. The van der Waals surface area contributed by atoms with E-state index in [0.717, 1.165) is 71.7 Å². The van der Waals surface area contributed by atoms with Crippen LogP contribution in [0.5, 0.6) is 0 Å². The molecule has 0 unspecified atom stereocenters. The molecule has 0 atom stereocenters. The zero-order chi connectivity index (χ0) is 33.9. The molecule has 0 aliphatic heterocycles. The zero-order valence-electron chi connectivity index (χ0n) is 28.2. The number of benzene rings is 6. The average molecular weight is 839 g/mol. The van der Waals surface area contributed by atoms with Gasteiger partial charge in [0.05, 0.1) is 23.9 Å². The maximum atomic E-state index is 8.28. The summed E-state index contributed by atoms with van der Waals surface area (Å²) in [4.78, 5) is 9.40. The molecule has 0 amide bonds. The zero-order valence-corrected chi connectivity index (χ0v) is 30.4. The second kappa shape index (κ2) is 15.0. The van der Waals surface area contributed by atoms with Gasteiger partial charge in [-0.25, -0.2) is 0 Å². The van der Waals surface area contributed by atoms with E-state index in [0.29, 0.717) is 6.04 Å². The summed E-state index contributed by atoms with van der Waals surface area (Å²) in [6.45, 7) is 2.16. The van der Waals surface area contributed by atoms with Gasteiger partial charge >= 0.3 is 0 Å². The summed E-state index contributed by atoms with van der Waals surface area (Å²) in [6.07, 6.45) is 1.79. The van der Waals surface area contributed by atoms with E-state index in [2.05, 4.69) is 119 Å². The van der Waals surface area contributed by atoms with Crippen molar-refractivity contribution in [1.82, 2.24) is 14.5 Å². The molecule has 9 aromatic rings. The minimum Gasteiger partial charge on any atom is -0.332 e. The molecular formula is C45H31IrN3S-2. The summed E-state index contributed by atoms with van der Waals surface area (Å²) >= 11 is 1.57. The van der Waals surface area contributed by atoms with Gasteiger partial charge in [-0.2, -0.15) is 0 Å². The van der Waals surface area contributed by atoms with Crippen LogP contribution in [0.3, 0.4) is 0 Å². The van der Waals surface area contributed by atoms with Gasteiger partial charge in [-0.05, 0) is 59.6 Å². The van der Waals surface area contributed by atoms with Crippen LogP contribution in [-0.4, -0.2) is 14.5 Å². The van der Waals surface area contributed by atoms with Crippen molar-refractivity contribution >= 4 is 32.5 Å². The Labute approximate surface area is 311 Å². The molecule has 50 heavy (non-hydrogen) atoms. The topological polar surface area (TPSA) is 30.7 Å². The summed E-state index contributed by atoms with van der Waals surface area (Å²) in [7, 11) is 0. The Morgan fingerprint density at radius 3 is 2.06 bits per heavy atom. The largest absolute Gasteiger partial charge is 0.332 e. The Bertz CT molecular complexity index is 2450. The van der Waals surface area contributed by atoms with Gasteiger partial charge in [-0.1, -0.05) is 119 Å². The number of imidazole rings is 1. The Kier molecular flexibility index (Phi) is 9.53. The standard InChI is InChI=1S/C34H23N2S.C11H8N.Ir/c1-23-20-27(24-12-4-2-5-13-24)33(28(21-23)25-14-6-3-7-15-25)36-31-18-10-9-17-30(31)35-34(36)29-22-37-32-19-11-8-16-26(29)32;1-2-6-10(7-3-1)11-8-4-5-9-12-11;/h2-21H,1H3;1-6,8-9H;/q2*-1;/i8D;;. The van der Waals surface area contributed by atoms with Crippen LogP contribution in [0.1, 0.15) is 6.93 Å². The number of aryl methyl sites for hydroxylation is 1. The molecule has 9 rings (SSSR count). The first-order valence-corrected chi connectivity index (χ1v) is 17.0. The van der Waals surface area contributed by atoms with Gasteiger partial charge in [0.15, 0.2) is 0 Å². The third-order valence-electron chi connectivity index (χ3n) is 8.44. The van der Waals surface area contributed by atoms with Crippen molar-refractivity contribution in [3.05, 3.63) is 187 Å². The summed E-state index contributed by atoms with van der Waals surface area (Å²) < 4.78 is 11.7. The number of hydrogen-bond donors (Lipinski definition) is 0. The van der Waals surface area contributed by atoms with Gasteiger partial charge in [-0.15, -0.1) is 47.3 Å². The van der Waals surface area contributed by atoms with Crippen LogP contribution >= 0.6 is 11.3 Å². The van der Waals surface area contributed by atoms with Crippen molar-refractivity contribution in [2.24, 2.45) is 0 Å². The van der Waals surface area contributed by atoms with Gasteiger partial charge in [-0.3, -0.25) is 16.3 Å². The number of rotatable bonds is 5. The van der Waals surface area contributed by atoms with E-state index in [1.165, 1.54) is 5.56 Å². The minimum absolute atomic E-state index is 0. The smallest absolute Gasteiger partial charge is 0.0774 e. The van der Waals surface area contributed by atoms with Crippen molar-refractivity contribution in [2.45, 2.75) is 6.92 Å². The molecule has 0 aliphatic carbocycles. The minimum atomic E-state index is 0. The van der Waals surface area contributed by atoms with E-state index in [9.17, 15) is 0 Å². The van der Waals surface area contributed by atoms with Crippen LogP contribution in [0.2, 0.25) is 0 Å². The molecule has 0 spiro atoms. The van der Waals surface area contributed by atoms with Crippen LogP contribution in [0.15, 0.2) is 170 Å². The number of pyridine rings is 1. The van der Waals surface area contributed by atoms with Gasteiger partial charge in [0.2, 0.25) is 0 Å². The molecule has 3 heterocycles. The fraction of sp³-hybridized carbons (Fsp3) is 0.0222. The molecule has 3 nitrogen and oxygen atoms in total. The number of fused-ring (bicyclic) bond motifs is 2. The predicted octanol–water partition coefficient (Wildman–Crippen LogP) is 11.9. The number of hydrogen-bond acceptors (Lipinski definition) is 3.